The number of carbonyl (C=O) groups excluding carboxylic acids is 3. The number of carbonyl (C=O) groups is 3. The molecule has 0 bridgehead atoms. The molecule has 2 unspecified atom stereocenters. The molecule has 3 N–H and O–H groups in total. The van der Waals surface area contributed by atoms with Crippen LogP contribution >= 0.6 is 0 Å². The van der Waals surface area contributed by atoms with Crippen LogP contribution in [0.1, 0.15) is 36.5 Å². The fourth-order valence-electron chi connectivity index (χ4n) is 3.74. The molecule has 1 amide bonds. The molecule has 3 atom stereocenters. The maximum Gasteiger partial charge on any atom is 0.276 e. The number of hydrogen-bond acceptors (Lipinski definition) is 7. The minimum Gasteiger partial charge on any atom is -0.683 e. The topological polar surface area (TPSA) is 138 Å². The number of aromatic nitrogens is 2. The number of likely N-dealkylation sites (N-methyl/N-ethyl adjacent to an activating group) is 1. The van der Waals surface area contributed by atoms with Crippen LogP contribution in [0.5, 0.6) is 0 Å². The molecule has 37 heavy (non-hydrogen) atoms. The Kier molecular flexibility index (Phi) is 16.4. The Hall–Kier alpha value is -0.448. The smallest absolute Gasteiger partial charge is 0.276 e. The average molecular weight is 737 g/mol. The third-order valence-corrected chi connectivity index (χ3v) is 5.60. The summed E-state index contributed by atoms with van der Waals surface area (Å²) in [5.41, 5.74) is 1.09. The van der Waals surface area contributed by atoms with Crippen molar-refractivity contribution in [3.63, 3.8) is 0 Å². The molecular weight excluding hydrogens is 709 g/mol. The zero-order valence-corrected chi connectivity index (χ0v) is 29.8. The summed E-state index contributed by atoms with van der Waals surface area (Å²) in [6.45, 7) is 5.06. The summed E-state index contributed by atoms with van der Waals surface area (Å²) in [7, 11) is 1.81. The van der Waals surface area contributed by atoms with E-state index in [1.807, 2.05) is 11.9 Å². The number of nitrogens with one attached hydrogen (secondary N) is 3. The monoisotopic (exact) mass is 737 g/mol. The van der Waals surface area contributed by atoms with E-state index < -0.39 is 36.1 Å². The van der Waals surface area contributed by atoms with E-state index in [9.17, 15) is 23.6 Å². The molecule has 3 radical (unpaired) electrons. The third kappa shape index (κ3) is 9.91. The number of hydrogen-bond donors (Lipinski definition) is 3. The van der Waals surface area contributed by atoms with Crippen molar-refractivity contribution in [1.82, 2.24) is 15.3 Å². The maximum absolute atomic E-state index is 14.2. The predicted octanol–water partition coefficient (Wildman–Crippen LogP) is 2.01. The summed E-state index contributed by atoms with van der Waals surface area (Å²) < 4.78 is 14.2. The van der Waals surface area contributed by atoms with E-state index >= 15 is 0 Å². The second kappa shape index (κ2) is 16.6. The molecule has 1 aliphatic rings. The second-order valence-corrected chi connectivity index (χ2v) is 8.37. The summed E-state index contributed by atoms with van der Waals surface area (Å²) in [5, 5.41) is 10.1. The molecule has 191 valence electrons. The first-order valence-electron chi connectivity index (χ1n) is 10.9. The molecular formula is C23H28FN6O4Y3-. The zero-order chi connectivity index (χ0) is 25.0. The van der Waals surface area contributed by atoms with E-state index in [0.29, 0.717) is 36.1 Å². The number of aromatic amines is 1. The maximum atomic E-state index is 14.2. The average Bonchev–Trinajstić information content (AvgIpc) is 2.76. The van der Waals surface area contributed by atoms with Gasteiger partial charge in [0.25, 0.3) is 11.5 Å². The van der Waals surface area contributed by atoms with Gasteiger partial charge in [-0.1, -0.05) is 24.3 Å². The van der Waals surface area contributed by atoms with Gasteiger partial charge in [-0.15, -0.1) is 12.2 Å². The van der Waals surface area contributed by atoms with Gasteiger partial charge in [-0.05, 0) is 20.8 Å². The van der Waals surface area contributed by atoms with Gasteiger partial charge in [0, 0.05) is 130 Å². The van der Waals surface area contributed by atoms with E-state index in [1.165, 1.54) is 26.0 Å². The van der Waals surface area contributed by atoms with Crippen molar-refractivity contribution in [3.8, 4) is 0 Å². The molecule has 14 heteroatoms. The number of fused-ring (bicyclic) bond motifs is 1. The summed E-state index contributed by atoms with van der Waals surface area (Å²) in [6, 6.07) is 4.86. The van der Waals surface area contributed by atoms with Crippen LogP contribution in [0.3, 0.4) is 0 Å². The van der Waals surface area contributed by atoms with Crippen molar-refractivity contribution in [2.45, 2.75) is 45.4 Å². The molecule has 0 spiro atoms. The van der Waals surface area contributed by atoms with Gasteiger partial charge < -0.3 is 25.8 Å². The van der Waals surface area contributed by atoms with Gasteiger partial charge in [0.15, 0.2) is 11.6 Å². The normalized spacial score (nSPS) is 15.3. The number of amides is 1. The molecule has 1 aliphatic heterocycles. The van der Waals surface area contributed by atoms with Crippen molar-refractivity contribution in [2.75, 3.05) is 30.4 Å². The Bertz CT molecular complexity index is 1150. The minimum atomic E-state index is -1.79. The Morgan fingerprint density at radius 2 is 1.81 bits per heavy atom. The van der Waals surface area contributed by atoms with Crippen LogP contribution in [-0.2, 0) is 108 Å². The summed E-state index contributed by atoms with van der Waals surface area (Å²) in [5.74, 6) is -0.514. The largest absolute Gasteiger partial charge is 0.683 e. The fourth-order valence-corrected chi connectivity index (χ4v) is 3.74. The molecule has 1 aromatic carbocycles. The number of benzene rings is 1. The van der Waals surface area contributed by atoms with Gasteiger partial charge in [-0.25, -0.2) is 9.37 Å². The number of H-pyrrole nitrogens is 1. The third-order valence-electron chi connectivity index (χ3n) is 5.60. The first-order chi connectivity index (χ1) is 16.1. The van der Waals surface area contributed by atoms with Crippen LogP contribution in [0.25, 0.3) is 5.32 Å². The van der Waals surface area contributed by atoms with Crippen LogP contribution in [0.15, 0.2) is 29.1 Å². The second-order valence-electron chi connectivity index (χ2n) is 8.37. The van der Waals surface area contributed by atoms with Crippen LogP contribution in [0, 0.1) is 6.92 Å². The van der Waals surface area contributed by atoms with Crippen LogP contribution in [0.4, 0.5) is 21.6 Å². The van der Waals surface area contributed by atoms with Gasteiger partial charge in [0.05, 0.1) is 0 Å². The Labute approximate surface area is 290 Å². The number of rotatable bonds is 9. The molecule has 10 nitrogen and oxygen atoms in total. The van der Waals surface area contributed by atoms with E-state index in [4.69, 9.17) is 0 Å². The molecule has 0 saturated carbocycles. The number of anilines is 2. The molecule has 0 fully saturated rings. The Morgan fingerprint density at radius 3 is 2.38 bits per heavy atom. The fraction of sp³-hybridized carbons (Fsp3) is 0.435. The summed E-state index contributed by atoms with van der Waals surface area (Å²) in [6.07, 6.45) is -2.23. The molecule has 0 saturated heterocycles. The first kappa shape index (κ1) is 36.6. The SMILES string of the molecule is CC(=O)CC([18F])[C@@H](NC(=O)c1ccc([N-]CC2CNc3nc(C)[nH]c(=O)c3N2C)cc1)C(C)=O.[Y].[Y].[Y]. The summed E-state index contributed by atoms with van der Waals surface area (Å²) in [4.78, 5) is 56.6. The molecule has 3 rings (SSSR count). The summed E-state index contributed by atoms with van der Waals surface area (Å²) >= 11 is 0. The molecule has 2 aromatic rings. The van der Waals surface area contributed by atoms with E-state index in [-0.39, 0.29) is 115 Å². The van der Waals surface area contributed by atoms with Gasteiger partial charge in [-0.2, -0.15) is 0 Å². The number of Topliss-reactive ketones (excluding diaryl/α,β-unsaturated/α-hetero) is 2. The molecule has 1 aromatic heterocycles. The van der Waals surface area contributed by atoms with E-state index in [2.05, 4.69) is 25.9 Å². The number of nitrogens with zero attached hydrogens (tertiary/aromatic N) is 3. The Balaban J connectivity index is 0.00000432. The van der Waals surface area contributed by atoms with Crippen LogP contribution in [-0.4, -0.2) is 65.8 Å². The quantitative estimate of drug-likeness (QED) is 0.358. The van der Waals surface area contributed by atoms with E-state index in [0.717, 1.165) is 0 Å². The van der Waals surface area contributed by atoms with E-state index in [1.54, 1.807) is 19.1 Å². The number of alkyl halides is 1. The van der Waals surface area contributed by atoms with Crippen LogP contribution < -0.4 is 21.1 Å². The predicted molar refractivity (Wildman–Crippen MR) is 127 cm³/mol. The number of halogens is 1. The number of ketones is 2. The van der Waals surface area contributed by atoms with Crippen molar-refractivity contribution in [2.24, 2.45) is 0 Å². The van der Waals surface area contributed by atoms with Crippen molar-refractivity contribution < 1.29 is 117 Å². The number of aryl methyl sites for hydroxylation is 1. The van der Waals surface area contributed by atoms with Gasteiger partial charge in [-0.3, -0.25) is 19.2 Å². The van der Waals surface area contributed by atoms with Crippen LogP contribution in [0.2, 0.25) is 0 Å². The van der Waals surface area contributed by atoms with Crippen molar-refractivity contribution in [1.29, 1.82) is 0 Å². The Morgan fingerprint density at radius 1 is 1.19 bits per heavy atom. The molecule has 2 heterocycles. The zero-order valence-electron chi connectivity index (χ0n) is 21.2. The van der Waals surface area contributed by atoms with Crippen molar-refractivity contribution >= 4 is 34.7 Å². The van der Waals surface area contributed by atoms with Crippen molar-refractivity contribution in [3.05, 3.63) is 51.3 Å². The molecule has 0 aliphatic carbocycles. The minimum absolute atomic E-state index is 0. The van der Waals surface area contributed by atoms with Gasteiger partial charge >= 0.3 is 0 Å². The standard InChI is InChI=1S/C23H29FN6O4.3Y/c1-12(31)9-18(24)19(13(2)32)29-22(33)15-5-7-16(8-6-15)25-10-17-11-26-21-20(30(17)4)23(34)28-14(3)27-21;;;/h5-8,17-19H,9-11H2,1-4H3,(H4,25,26,27,28,29,33,34);;;/p-1/t17?,18?,19-;;;/m0.../s1/i24-1;;;. The van der Waals surface area contributed by atoms with Gasteiger partial charge in [0.1, 0.15) is 29.5 Å². The van der Waals surface area contributed by atoms with Gasteiger partial charge in [0.2, 0.25) is 0 Å². The first-order valence-corrected chi connectivity index (χ1v) is 10.9.